The van der Waals surface area contributed by atoms with Gasteiger partial charge >= 0.3 is 0 Å². The molecule has 1 atom stereocenters. The van der Waals surface area contributed by atoms with Gasteiger partial charge in [0.05, 0.1) is 14.2 Å². The van der Waals surface area contributed by atoms with Crippen molar-refractivity contribution in [3.05, 3.63) is 78.4 Å². The van der Waals surface area contributed by atoms with E-state index in [4.69, 9.17) is 9.47 Å². The Morgan fingerprint density at radius 2 is 1.49 bits per heavy atom. The standard InChI is InChI=1S/C28H32N2O4S/c1-28(2,3)18-25(31)29-20-12-9-13-24(16-20)35-26(19-10-7-6-8-11-19)27(32)30-21-14-22(33-4)17-23(15-21)34-5/h6-17,26H,18H2,1-5H3,(H,29,31)(H,30,32). The van der Waals surface area contributed by atoms with Crippen molar-refractivity contribution in [1.82, 2.24) is 0 Å². The highest BCUT2D eigenvalue weighted by Crippen LogP contribution is 2.38. The summed E-state index contributed by atoms with van der Waals surface area (Å²) in [4.78, 5) is 26.7. The molecule has 3 rings (SSSR count). The molecule has 0 aliphatic rings. The zero-order chi connectivity index (χ0) is 25.4. The fourth-order valence-corrected chi connectivity index (χ4v) is 4.54. The molecule has 2 N–H and O–H groups in total. The van der Waals surface area contributed by atoms with Gasteiger partial charge in [0.25, 0.3) is 0 Å². The van der Waals surface area contributed by atoms with Gasteiger partial charge in [-0.2, -0.15) is 0 Å². The molecule has 7 heteroatoms. The summed E-state index contributed by atoms with van der Waals surface area (Å²) in [7, 11) is 3.13. The molecule has 0 bridgehead atoms. The summed E-state index contributed by atoms with van der Waals surface area (Å²) in [5.74, 6) is 0.951. The fraction of sp³-hybridized carbons (Fsp3) is 0.286. The average Bonchev–Trinajstić information content (AvgIpc) is 2.81. The molecule has 0 radical (unpaired) electrons. The third-order valence-electron chi connectivity index (χ3n) is 5.02. The summed E-state index contributed by atoms with van der Waals surface area (Å²) in [6.07, 6.45) is 0.420. The topological polar surface area (TPSA) is 76.7 Å². The number of amides is 2. The van der Waals surface area contributed by atoms with E-state index < -0.39 is 5.25 Å². The Morgan fingerprint density at radius 1 is 0.829 bits per heavy atom. The number of thioether (sulfide) groups is 1. The van der Waals surface area contributed by atoms with Crippen LogP contribution in [-0.4, -0.2) is 26.0 Å². The highest BCUT2D eigenvalue weighted by Gasteiger charge is 2.23. The number of carbonyl (C=O) groups excluding carboxylic acids is 2. The summed E-state index contributed by atoms with van der Waals surface area (Å²) < 4.78 is 10.6. The monoisotopic (exact) mass is 492 g/mol. The van der Waals surface area contributed by atoms with E-state index >= 15 is 0 Å². The lowest BCUT2D eigenvalue weighted by Gasteiger charge is -2.19. The van der Waals surface area contributed by atoms with Gasteiger partial charge in [0.2, 0.25) is 11.8 Å². The predicted molar refractivity (Wildman–Crippen MR) is 142 cm³/mol. The van der Waals surface area contributed by atoms with E-state index in [2.05, 4.69) is 10.6 Å². The van der Waals surface area contributed by atoms with Crippen LogP contribution in [0.15, 0.2) is 77.7 Å². The summed E-state index contributed by atoms with van der Waals surface area (Å²) >= 11 is 1.42. The molecule has 184 valence electrons. The zero-order valence-electron chi connectivity index (χ0n) is 20.8. The van der Waals surface area contributed by atoms with Crippen LogP contribution in [0.25, 0.3) is 0 Å². The van der Waals surface area contributed by atoms with E-state index in [1.807, 2.05) is 75.4 Å². The maximum absolute atomic E-state index is 13.5. The molecule has 6 nitrogen and oxygen atoms in total. The molecule has 0 heterocycles. The largest absolute Gasteiger partial charge is 0.497 e. The highest BCUT2D eigenvalue weighted by molar-refractivity contribution is 8.00. The van der Waals surface area contributed by atoms with E-state index in [0.717, 1.165) is 10.5 Å². The Morgan fingerprint density at radius 3 is 2.09 bits per heavy atom. The van der Waals surface area contributed by atoms with Gasteiger partial charge in [0, 0.05) is 40.9 Å². The SMILES string of the molecule is COc1cc(NC(=O)C(Sc2cccc(NC(=O)CC(C)(C)C)c2)c2ccccc2)cc(OC)c1. The number of hydrogen-bond acceptors (Lipinski definition) is 5. The molecule has 35 heavy (non-hydrogen) atoms. The molecule has 0 aliphatic carbocycles. The van der Waals surface area contributed by atoms with Crippen molar-refractivity contribution in [3.8, 4) is 11.5 Å². The van der Waals surface area contributed by atoms with Gasteiger partial charge in [-0.1, -0.05) is 57.2 Å². The summed E-state index contributed by atoms with van der Waals surface area (Å²) in [5, 5.41) is 5.44. The molecule has 1 unspecified atom stereocenters. The Labute approximate surface area is 211 Å². The van der Waals surface area contributed by atoms with Gasteiger partial charge in [-0.3, -0.25) is 9.59 Å². The molecule has 3 aromatic rings. The van der Waals surface area contributed by atoms with Crippen molar-refractivity contribution in [3.63, 3.8) is 0 Å². The number of hydrogen-bond donors (Lipinski definition) is 2. The third kappa shape index (κ3) is 8.07. The van der Waals surface area contributed by atoms with Gasteiger partial charge < -0.3 is 20.1 Å². The Hall–Kier alpha value is -3.45. The Balaban J connectivity index is 1.83. The van der Waals surface area contributed by atoms with Crippen LogP contribution in [0.5, 0.6) is 11.5 Å². The van der Waals surface area contributed by atoms with Crippen molar-refractivity contribution >= 4 is 35.0 Å². The second-order valence-corrected chi connectivity index (χ2v) is 10.5. The second kappa shape index (κ2) is 11.8. The summed E-state index contributed by atoms with van der Waals surface area (Å²) in [5.41, 5.74) is 2.05. The third-order valence-corrected chi connectivity index (χ3v) is 6.27. The van der Waals surface area contributed by atoms with E-state index in [9.17, 15) is 9.59 Å². The zero-order valence-corrected chi connectivity index (χ0v) is 21.6. The molecule has 3 aromatic carbocycles. The van der Waals surface area contributed by atoms with Crippen LogP contribution >= 0.6 is 11.8 Å². The van der Waals surface area contributed by atoms with Crippen LogP contribution in [0.2, 0.25) is 0 Å². The van der Waals surface area contributed by atoms with Crippen LogP contribution in [0, 0.1) is 5.41 Å². The number of methoxy groups -OCH3 is 2. The molecular weight excluding hydrogens is 460 g/mol. The molecule has 0 spiro atoms. The van der Waals surface area contributed by atoms with Crippen molar-refractivity contribution in [1.29, 1.82) is 0 Å². The fourth-order valence-electron chi connectivity index (χ4n) is 3.46. The quantitative estimate of drug-likeness (QED) is 0.331. The van der Waals surface area contributed by atoms with E-state index in [-0.39, 0.29) is 17.2 Å². The molecule has 2 amide bonds. The van der Waals surface area contributed by atoms with E-state index in [1.54, 1.807) is 32.4 Å². The van der Waals surface area contributed by atoms with Gasteiger partial charge in [-0.15, -0.1) is 11.8 Å². The lowest BCUT2D eigenvalue weighted by Crippen LogP contribution is -2.20. The molecule has 0 aromatic heterocycles. The first-order valence-corrected chi connectivity index (χ1v) is 12.2. The Kier molecular flexibility index (Phi) is 8.82. The maximum Gasteiger partial charge on any atom is 0.242 e. The number of rotatable bonds is 9. The van der Waals surface area contributed by atoms with Crippen LogP contribution in [0.1, 0.15) is 38.0 Å². The average molecular weight is 493 g/mol. The number of ether oxygens (including phenoxy) is 2. The summed E-state index contributed by atoms with van der Waals surface area (Å²) in [6.45, 7) is 6.08. The number of anilines is 2. The van der Waals surface area contributed by atoms with Gasteiger partial charge in [-0.25, -0.2) is 0 Å². The lowest BCUT2D eigenvalue weighted by atomic mass is 9.92. The maximum atomic E-state index is 13.5. The minimum Gasteiger partial charge on any atom is -0.497 e. The van der Waals surface area contributed by atoms with Gasteiger partial charge in [-0.05, 0) is 29.2 Å². The minimum absolute atomic E-state index is 0.0380. The van der Waals surface area contributed by atoms with Crippen molar-refractivity contribution in [2.45, 2.75) is 37.3 Å². The normalized spacial score (nSPS) is 11.9. The Bertz CT molecular complexity index is 1140. The lowest BCUT2D eigenvalue weighted by molar-refractivity contribution is -0.118. The van der Waals surface area contributed by atoms with Crippen LogP contribution < -0.4 is 20.1 Å². The minimum atomic E-state index is -0.520. The van der Waals surface area contributed by atoms with Crippen molar-refractivity contribution < 1.29 is 19.1 Å². The van der Waals surface area contributed by atoms with Crippen molar-refractivity contribution in [2.24, 2.45) is 5.41 Å². The molecule has 0 saturated carbocycles. The van der Waals surface area contributed by atoms with Crippen LogP contribution in [0.3, 0.4) is 0 Å². The predicted octanol–water partition coefficient (Wildman–Crippen LogP) is 6.55. The second-order valence-electron chi connectivity index (χ2n) is 9.31. The van der Waals surface area contributed by atoms with Crippen molar-refractivity contribution in [2.75, 3.05) is 24.9 Å². The van der Waals surface area contributed by atoms with Crippen LogP contribution in [-0.2, 0) is 9.59 Å². The summed E-state index contributed by atoms with van der Waals surface area (Å²) in [6, 6.07) is 22.4. The number of nitrogens with one attached hydrogen (secondary N) is 2. The smallest absolute Gasteiger partial charge is 0.242 e. The van der Waals surface area contributed by atoms with E-state index in [0.29, 0.717) is 29.3 Å². The number of benzene rings is 3. The molecule has 0 aliphatic heterocycles. The first-order chi connectivity index (χ1) is 16.7. The molecule has 0 saturated heterocycles. The number of carbonyl (C=O) groups is 2. The first-order valence-electron chi connectivity index (χ1n) is 11.3. The van der Waals surface area contributed by atoms with Crippen LogP contribution in [0.4, 0.5) is 11.4 Å². The highest BCUT2D eigenvalue weighted by atomic mass is 32.2. The van der Waals surface area contributed by atoms with Gasteiger partial charge in [0.1, 0.15) is 16.7 Å². The molecular formula is C28H32N2O4S. The molecule has 0 fully saturated rings. The van der Waals surface area contributed by atoms with E-state index in [1.165, 1.54) is 11.8 Å². The first kappa shape index (κ1) is 26.2. The van der Waals surface area contributed by atoms with Gasteiger partial charge in [0.15, 0.2) is 0 Å².